The number of para-hydroxylation sites is 1. The fourth-order valence-corrected chi connectivity index (χ4v) is 2.97. The van der Waals surface area contributed by atoms with Crippen LogP contribution in [0.15, 0.2) is 72.3 Å². The average molecular weight is 333 g/mol. The van der Waals surface area contributed by atoms with E-state index in [1.54, 1.807) is 4.68 Å². The number of nitrogens with one attached hydrogen (secondary N) is 3. The number of carbonyl (C=O) groups excluding carboxylic acids is 1. The van der Waals surface area contributed by atoms with E-state index in [2.05, 4.69) is 25.7 Å². The zero-order valence-electron chi connectivity index (χ0n) is 13.6. The molecule has 4 rings (SSSR count). The minimum absolute atomic E-state index is 0.181. The molecule has 1 aromatic carbocycles. The molecular weight excluding hydrogens is 316 g/mol. The van der Waals surface area contributed by atoms with Crippen LogP contribution in [0.2, 0.25) is 0 Å². The smallest absolute Gasteiger partial charge is 0.256 e. The molecule has 1 unspecified atom stereocenters. The second kappa shape index (κ2) is 6.20. The number of hydrogen-bond donors (Lipinski definition) is 2. The van der Waals surface area contributed by atoms with Gasteiger partial charge in [-0.15, -0.1) is 0 Å². The molecule has 3 aromatic rings. The number of rotatable bonds is 3. The molecule has 0 radical (unpaired) electrons. The van der Waals surface area contributed by atoms with Crippen LogP contribution in [0, 0.1) is 0 Å². The van der Waals surface area contributed by atoms with Gasteiger partial charge in [-0.05, 0) is 19.1 Å². The largest absolute Gasteiger partial charge is 0.328 e. The molecule has 7 heteroatoms. The van der Waals surface area contributed by atoms with Gasteiger partial charge in [0.05, 0.1) is 5.57 Å². The molecule has 0 saturated carbocycles. The summed E-state index contributed by atoms with van der Waals surface area (Å²) in [6.07, 6.45) is 3.31. The fraction of sp³-hybridized carbons (Fsp3) is 0.111. The summed E-state index contributed by atoms with van der Waals surface area (Å²) in [5, 5.41) is 10.4. The van der Waals surface area contributed by atoms with Crippen molar-refractivity contribution in [3.05, 3.63) is 78.0 Å². The van der Waals surface area contributed by atoms with Crippen molar-refractivity contribution in [2.75, 3.05) is 10.6 Å². The van der Waals surface area contributed by atoms with Crippen molar-refractivity contribution in [2.45, 2.75) is 13.0 Å². The van der Waals surface area contributed by atoms with Crippen molar-refractivity contribution in [1.82, 2.24) is 14.8 Å². The summed E-state index contributed by atoms with van der Waals surface area (Å²) in [6, 6.07) is 14.8. The molecular formula is C18H17N6O+. The maximum atomic E-state index is 13.0. The Kier molecular flexibility index (Phi) is 3.74. The third-order valence-corrected chi connectivity index (χ3v) is 4.10. The van der Waals surface area contributed by atoms with Crippen LogP contribution in [-0.4, -0.2) is 20.7 Å². The highest BCUT2D eigenvalue weighted by Crippen LogP contribution is 2.33. The number of pyridine rings is 1. The number of allylic oxidation sites excluding steroid dienone is 1. The zero-order chi connectivity index (χ0) is 17.2. The normalized spacial score (nSPS) is 16.1. The van der Waals surface area contributed by atoms with Crippen LogP contribution in [-0.2, 0) is 4.79 Å². The quantitative estimate of drug-likeness (QED) is 0.768. The van der Waals surface area contributed by atoms with Gasteiger partial charge in [0, 0.05) is 23.5 Å². The number of aromatic amines is 1. The second-order valence-corrected chi connectivity index (χ2v) is 5.73. The Labute approximate surface area is 144 Å². The summed E-state index contributed by atoms with van der Waals surface area (Å²) in [7, 11) is 0. The number of anilines is 2. The van der Waals surface area contributed by atoms with E-state index in [1.807, 2.05) is 61.7 Å². The van der Waals surface area contributed by atoms with Gasteiger partial charge in [-0.1, -0.05) is 24.3 Å². The van der Waals surface area contributed by atoms with Gasteiger partial charge < -0.3 is 10.6 Å². The first-order valence-electron chi connectivity index (χ1n) is 7.94. The number of hydrogen-bond acceptors (Lipinski definition) is 4. The van der Waals surface area contributed by atoms with E-state index in [9.17, 15) is 4.79 Å². The van der Waals surface area contributed by atoms with E-state index < -0.39 is 0 Å². The summed E-state index contributed by atoms with van der Waals surface area (Å²) in [5.41, 5.74) is 2.93. The number of carbonyl (C=O) groups is 1. The van der Waals surface area contributed by atoms with Crippen LogP contribution in [0.1, 0.15) is 18.7 Å². The Morgan fingerprint density at radius 3 is 2.76 bits per heavy atom. The van der Waals surface area contributed by atoms with Gasteiger partial charge in [-0.25, -0.2) is 9.67 Å². The molecule has 0 fully saturated rings. The summed E-state index contributed by atoms with van der Waals surface area (Å²) in [5.74, 6) is 0.426. The van der Waals surface area contributed by atoms with Crippen LogP contribution in [0.25, 0.3) is 0 Å². The summed E-state index contributed by atoms with van der Waals surface area (Å²) in [6.45, 7) is 1.87. The Morgan fingerprint density at radius 2 is 2.00 bits per heavy atom. The van der Waals surface area contributed by atoms with Crippen LogP contribution in [0.5, 0.6) is 0 Å². The van der Waals surface area contributed by atoms with Crippen LogP contribution in [0.3, 0.4) is 0 Å². The highest BCUT2D eigenvalue weighted by atomic mass is 16.1. The van der Waals surface area contributed by atoms with Crippen LogP contribution in [0.4, 0.5) is 11.6 Å². The van der Waals surface area contributed by atoms with Gasteiger partial charge in [-0.2, -0.15) is 10.1 Å². The molecule has 124 valence electrons. The minimum atomic E-state index is -0.385. The fourth-order valence-electron chi connectivity index (χ4n) is 2.97. The van der Waals surface area contributed by atoms with Gasteiger partial charge >= 0.3 is 0 Å². The van der Waals surface area contributed by atoms with Gasteiger partial charge in [0.1, 0.15) is 6.33 Å². The van der Waals surface area contributed by atoms with Gasteiger partial charge in [0.25, 0.3) is 5.91 Å². The van der Waals surface area contributed by atoms with Crippen molar-refractivity contribution in [1.29, 1.82) is 0 Å². The first-order valence-corrected chi connectivity index (χ1v) is 7.94. The topological polar surface area (TPSA) is 86.0 Å². The Balaban J connectivity index is 1.77. The van der Waals surface area contributed by atoms with Gasteiger partial charge in [-0.3, -0.25) is 4.79 Å². The van der Waals surface area contributed by atoms with E-state index in [4.69, 9.17) is 0 Å². The van der Waals surface area contributed by atoms with E-state index in [0.29, 0.717) is 11.5 Å². The molecule has 1 aliphatic heterocycles. The molecule has 1 aliphatic rings. The number of H-pyrrole nitrogens is 1. The molecule has 3 heterocycles. The number of fused-ring (bicyclic) bond motifs is 1. The average Bonchev–Trinajstić information content (AvgIpc) is 3.10. The van der Waals surface area contributed by atoms with Crippen molar-refractivity contribution >= 4 is 17.5 Å². The molecule has 0 spiro atoms. The number of benzene rings is 1. The summed E-state index contributed by atoms with van der Waals surface area (Å²) in [4.78, 5) is 20.4. The predicted molar refractivity (Wildman–Crippen MR) is 92.6 cm³/mol. The lowest BCUT2D eigenvalue weighted by atomic mass is 9.98. The molecule has 0 aliphatic carbocycles. The highest BCUT2D eigenvalue weighted by molar-refractivity contribution is 6.05. The van der Waals surface area contributed by atoms with E-state index >= 15 is 0 Å². The van der Waals surface area contributed by atoms with Crippen molar-refractivity contribution < 1.29 is 9.78 Å². The van der Waals surface area contributed by atoms with Crippen molar-refractivity contribution in [3.8, 4) is 0 Å². The zero-order valence-corrected chi connectivity index (χ0v) is 13.6. The molecule has 1 atom stereocenters. The summed E-state index contributed by atoms with van der Waals surface area (Å²) < 4.78 is 1.71. The Bertz CT molecular complexity index is 932. The van der Waals surface area contributed by atoms with Crippen LogP contribution < -0.4 is 15.6 Å². The van der Waals surface area contributed by atoms with Gasteiger partial charge in [0.15, 0.2) is 12.2 Å². The lowest BCUT2D eigenvalue weighted by molar-refractivity contribution is -0.393. The SMILES string of the molecule is CC1=C(C(=O)Nc2ccccc2)C(c2cccc[nH+]2)n2ncnc2N1. The van der Waals surface area contributed by atoms with Gasteiger partial charge in [0.2, 0.25) is 11.6 Å². The van der Waals surface area contributed by atoms with E-state index in [-0.39, 0.29) is 11.9 Å². The lowest BCUT2D eigenvalue weighted by Gasteiger charge is -2.26. The standard InChI is InChI=1S/C18H16N6O/c1-12-15(17(25)23-13-7-3-2-4-8-13)16(14-9-5-6-10-19-14)24-18(22-12)20-11-21-24/h2-11,16H,1H3,(H,23,25)(H,20,21,22)/p+1. The third kappa shape index (κ3) is 2.76. The maximum absolute atomic E-state index is 13.0. The maximum Gasteiger partial charge on any atom is 0.256 e. The van der Waals surface area contributed by atoms with Crippen molar-refractivity contribution in [3.63, 3.8) is 0 Å². The molecule has 0 saturated heterocycles. The van der Waals surface area contributed by atoms with E-state index in [0.717, 1.165) is 17.1 Å². The molecule has 7 nitrogen and oxygen atoms in total. The monoisotopic (exact) mass is 333 g/mol. The molecule has 1 amide bonds. The number of nitrogens with zero attached hydrogens (tertiary/aromatic N) is 3. The third-order valence-electron chi connectivity index (χ3n) is 4.10. The lowest BCUT2D eigenvalue weighted by Crippen LogP contribution is -2.34. The minimum Gasteiger partial charge on any atom is -0.328 e. The molecule has 0 bridgehead atoms. The van der Waals surface area contributed by atoms with E-state index in [1.165, 1.54) is 6.33 Å². The molecule has 3 N–H and O–H groups in total. The van der Waals surface area contributed by atoms with Crippen LogP contribution >= 0.6 is 0 Å². The number of aromatic nitrogens is 4. The van der Waals surface area contributed by atoms with Crippen molar-refractivity contribution in [2.24, 2.45) is 0 Å². The Morgan fingerprint density at radius 1 is 1.20 bits per heavy atom. The predicted octanol–water partition coefficient (Wildman–Crippen LogP) is 2.02. The Hall–Kier alpha value is -3.48. The second-order valence-electron chi connectivity index (χ2n) is 5.73. The molecule has 2 aromatic heterocycles. The number of amides is 1. The molecule has 25 heavy (non-hydrogen) atoms. The first-order chi connectivity index (χ1) is 12.2. The first kappa shape index (κ1) is 15.1. The highest BCUT2D eigenvalue weighted by Gasteiger charge is 2.36. The summed E-state index contributed by atoms with van der Waals surface area (Å²) >= 11 is 0.